The van der Waals surface area contributed by atoms with Gasteiger partial charge in [0.05, 0.1) is 17.1 Å². The van der Waals surface area contributed by atoms with Gasteiger partial charge in [-0.05, 0) is 17.7 Å². The molecular formula is C18H12ClN3O2. The van der Waals surface area contributed by atoms with E-state index in [1.54, 1.807) is 18.2 Å². The minimum atomic E-state index is -1.22. The lowest BCUT2D eigenvalue weighted by Gasteiger charge is -2.11. The summed E-state index contributed by atoms with van der Waals surface area (Å²) in [6.07, 6.45) is 0. The predicted octanol–water partition coefficient (Wildman–Crippen LogP) is 3.63. The molecule has 24 heavy (non-hydrogen) atoms. The Hall–Kier alpha value is -2.97. The molecule has 3 aromatic rings. The first-order chi connectivity index (χ1) is 11.7. The molecule has 5 nitrogen and oxygen atoms in total. The maximum atomic E-state index is 12.3. The van der Waals surface area contributed by atoms with Crippen molar-refractivity contribution < 1.29 is 9.53 Å². The minimum Gasteiger partial charge on any atom is -0.460 e. The fraction of sp³-hybridized carbons (Fsp3) is 0.111. The number of nitriles is 1. The van der Waals surface area contributed by atoms with Crippen LogP contribution in [0.3, 0.4) is 0 Å². The number of halogens is 1. The molecule has 6 heteroatoms. The summed E-state index contributed by atoms with van der Waals surface area (Å²) in [6.45, 7) is 0.0798. The van der Waals surface area contributed by atoms with Gasteiger partial charge in [0.25, 0.3) is 0 Å². The van der Waals surface area contributed by atoms with Crippen molar-refractivity contribution in [2.45, 2.75) is 12.5 Å². The number of hydrogen-bond acceptors (Lipinski definition) is 5. The highest BCUT2D eigenvalue weighted by atomic mass is 35.5. The van der Waals surface area contributed by atoms with Gasteiger partial charge in [-0.25, -0.2) is 9.97 Å². The molecule has 3 rings (SSSR count). The van der Waals surface area contributed by atoms with Crippen LogP contribution in [0.15, 0.2) is 54.6 Å². The third kappa shape index (κ3) is 3.34. The van der Waals surface area contributed by atoms with Gasteiger partial charge < -0.3 is 4.74 Å². The molecule has 0 radical (unpaired) electrons. The van der Waals surface area contributed by atoms with Crippen LogP contribution in [0.25, 0.3) is 11.0 Å². The van der Waals surface area contributed by atoms with E-state index in [2.05, 4.69) is 9.97 Å². The highest BCUT2D eigenvalue weighted by Crippen LogP contribution is 2.25. The van der Waals surface area contributed by atoms with Crippen LogP contribution in [0, 0.1) is 11.3 Å². The summed E-state index contributed by atoms with van der Waals surface area (Å²) in [5.41, 5.74) is 2.10. The molecule has 1 heterocycles. The summed E-state index contributed by atoms with van der Waals surface area (Å²) in [5.74, 6) is -1.92. The van der Waals surface area contributed by atoms with Gasteiger partial charge in [0.15, 0.2) is 11.1 Å². The summed E-state index contributed by atoms with van der Waals surface area (Å²) in [7, 11) is 0. The van der Waals surface area contributed by atoms with Crippen molar-refractivity contribution in [1.82, 2.24) is 9.97 Å². The molecule has 0 saturated carbocycles. The first-order valence-electron chi connectivity index (χ1n) is 7.21. The van der Waals surface area contributed by atoms with Crippen LogP contribution in [0.5, 0.6) is 0 Å². The lowest BCUT2D eigenvalue weighted by atomic mass is 10.1. The summed E-state index contributed by atoms with van der Waals surface area (Å²) >= 11 is 6.11. The van der Waals surface area contributed by atoms with E-state index in [9.17, 15) is 10.1 Å². The molecule has 0 aliphatic heterocycles. The quantitative estimate of drug-likeness (QED) is 0.679. The molecule has 1 atom stereocenters. The van der Waals surface area contributed by atoms with Crippen molar-refractivity contribution in [3.8, 4) is 6.07 Å². The summed E-state index contributed by atoms with van der Waals surface area (Å²) in [4.78, 5) is 20.8. The third-order valence-electron chi connectivity index (χ3n) is 3.41. The largest absolute Gasteiger partial charge is 0.460 e. The van der Waals surface area contributed by atoms with Crippen molar-refractivity contribution in [1.29, 1.82) is 5.26 Å². The highest BCUT2D eigenvalue weighted by molar-refractivity contribution is 6.30. The van der Waals surface area contributed by atoms with Crippen LogP contribution in [0.2, 0.25) is 5.15 Å². The van der Waals surface area contributed by atoms with E-state index in [1.165, 1.54) is 0 Å². The SMILES string of the molecule is N#CC(C(=O)OCc1ccccc1)c1nc2ccccc2nc1Cl. The number of benzene rings is 2. The van der Waals surface area contributed by atoms with Crippen molar-refractivity contribution in [3.05, 3.63) is 71.0 Å². The maximum Gasteiger partial charge on any atom is 0.330 e. The molecule has 2 aromatic carbocycles. The summed E-state index contributed by atoms with van der Waals surface area (Å²) in [5, 5.41) is 9.39. The van der Waals surface area contributed by atoms with E-state index in [1.807, 2.05) is 42.5 Å². The Bertz CT molecular complexity index is 922. The lowest BCUT2D eigenvalue weighted by Crippen LogP contribution is -2.16. The zero-order chi connectivity index (χ0) is 16.9. The Labute approximate surface area is 143 Å². The van der Waals surface area contributed by atoms with Crippen molar-refractivity contribution in [3.63, 3.8) is 0 Å². The van der Waals surface area contributed by atoms with Crippen LogP contribution in [0.1, 0.15) is 17.2 Å². The summed E-state index contributed by atoms with van der Waals surface area (Å²) in [6, 6.07) is 18.2. The average molecular weight is 338 g/mol. The monoisotopic (exact) mass is 337 g/mol. The van der Waals surface area contributed by atoms with Gasteiger partial charge in [-0.2, -0.15) is 5.26 Å². The Balaban J connectivity index is 1.84. The highest BCUT2D eigenvalue weighted by Gasteiger charge is 2.27. The van der Waals surface area contributed by atoms with Crippen LogP contribution < -0.4 is 0 Å². The van der Waals surface area contributed by atoms with Gasteiger partial charge >= 0.3 is 5.97 Å². The van der Waals surface area contributed by atoms with Crippen molar-refractivity contribution in [2.75, 3.05) is 0 Å². The molecule has 0 amide bonds. The van der Waals surface area contributed by atoms with Gasteiger partial charge in [0.2, 0.25) is 0 Å². The van der Waals surface area contributed by atoms with E-state index in [0.717, 1.165) is 5.56 Å². The van der Waals surface area contributed by atoms with Gasteiger partial charge in [-0.1, -0.05) is 54.1 Å². The standard InChI is InChI=1S/C18H12ClN3O2/c19-17-16(21-14-8-4-5-9-15(14)22-17)13(10-20)18(23)24-11-12-6-2-1-3-7-12/h1-9,13H,11H2. The fourth-order valence-electron chi connectivity index (χ4n) is 2.21. The van der Waals surface area contributed by atoms with E-state index in [0.29, 0.717) is 11.0 Å². The molecule has 118 valence electrons. The number of carbonyl (C=O) groups is 1. The molecule has 0 fully saturated rings. The zero-order valence-corrected chi connectivity index (χ0v) is 13.3. The molecule has 0 aliphatic rings. The normalized spacial score (nSPS) is 11.7. The minimum absolute atomic E-state index is 0.0249. The van der Waals surface area contributed by atoms with Crippen molar-refractivity contribution in [2.24, 2.45) is 0 Å². The van der Waals surface area contributed by atoms with Gasteiger partial charge in [-0.15, -0.1) is 0 Å². The Morgan fingerprint density at radius 3 is 2.38 bits per heavy atom. The Morgan fingerprint density at radius 1 is 1.08 bits per heavy atom. The molecule has 0 aliphatic carbocycles. The molecule has 0 spiro atoms. The number of rotatable bonds is 4. The predicted molar refractivity (Wildman–Crippen MR) is 89.1 cm³/mol. The van der Waals surface area contributed by atoms with E-state index < -0.39 is 11.9 Å². The third-order valence-corrected chi connectivity index (χ3v) is 3.69. The second kappa shape index (κ2) is 7.07. The van der Waals surface area contributed by atoms with Crippen LogP contribution in [0.4, 0.5) is 0 Å². The molecule has 0 saturated heterocycles. The van der Waals surface area contributed by atoms with E-state index in [-0.39, 0.29) is 17.5 Å². The van der Waals surface area contributed by atoms with E-state index >= 15 is 0 Å². The van der Waals surface area contributed by atoms with Crippen LogP contribution >= 0.6 is 11.6 Å². The molecular weight excluding hydrogens is 326 g/mol. The first-order valence-corrected chi connectivity index (χ1v) is 7.59. The first kappa shape index (κ1) is 15.9. The van der Waals surface area contributed by atoms with Gasteiger partial charge in [0.1, 0.15) is 12.3 Å². The van der Waals surface area contributed by atoms with Gasteiger partial charge in [0, 0.05) is 0 Å². The summed E-state index contributed by atoms with van der Waals surface area (Å²) < 4.78 is 5.21. The van der Waals surface area contributed by atoms with Gasteiger partial charge in [-0.3, -0.25) is 4.79 Å². The number of carbonyl (C=O) groups excluding carboxylic acids is 1. The second-order valence-corrected chi connectivity index (χ2v) is 5.40. The number of fused-ring (bicyclic) bond motifs is 1. The van der Waals surface area contributed by atoms with Crippen LogP contribution in [-0.2, 0) is 16.1 Å². The number of aromatic nitrogens is 2. The number of ether oxygens (including phenoxy) is 1. The number of esters is 1. The number of nitrogens with zero attached hydrogens (tertiary/aromatic N) is 3. The van der Waals surface area contributed by atoms with E-state index in [4.69, 9.17) is 16.3 Å². The topological polar surface area (TPSA) is 75.9 Å². The Kier molecular flexibility index (Phi) is 4.69. The number of para-hydroxylation sites is 2. The Morgan fingerprint density at radius 2 is 1.71 bits per heavy atom. The molecule has 1 unspecified atom stereocenters. The number of hydrogen-bond donors (Lipinski definition) is 0. The average Bonchev–Trinajstić information content (AvgIpc) is 2.62. The zero-order valence-electron chi connectivity index (χ0n) is 12.5. The second-order valence-electron chi connectivity index (χ2n) is 5.04. The maximum absolute atomic E-state index is 12.3. The fourth-order valence-corrected chi connectivity index (χ4v) is 2.46. The lowest BCUT2D eigenvalue weighted by molar-refractivity contribution is -0.145. The van der Waals surface area contributed by atoms with Crippen molar-refractivity contribution >= 4 is 28.6 Å². The molecule has 1 aromatic heterocycles. The molecule has 0 N–H and O–H groups in total. The smallest absolute Gasteiger partial charge is 0.330 e. The van der Waals surface area contributed by atoms with Crippen LogP contribution in [-0.4, -0.2) is 15.9 Å². The molecule has 0 bridgehead atoms.